The van der Waals surface area contributed by atoms with E-state index in [1.54, 1.807) is 11.3 Å². The molecule has 0 aliphatic heterocycles. The van der Waals surface area contributed by atoms with Crippen molar-refractivity contribution >= 4 is 11.3 Å². The highest BCUT2D eigenvalue weighted by Crippen LogP contribution is 2.24. The Balaban J connectivity index is 2.45. The molecule has 1 rings (SSSR count). The quantitative estimate of drug-likeness (QED) is 0.743. The summed E-state index contributed by atoms with van der Waals surface area (Å²) in [6, 6.07) is 0.499. The summed E-state index contributed by atoms with van der Waals surface area (Å²) in [5.74, 6) is 0. The van der Waals surface area contributed by atoms with E-state index in [0.717, 1.165) is 32.5 Å². The third-order valence-electron chi connectivity index (χ3n) is 3.19. The van der Waals surface area contributed by atoms with E-state index in [4.69, 9.17) is 9.72 Å². The van der Waals surface area contributed by atoms with Gasteiger partial charge in [0.15, 0.2) is 0 Å². The molecule has 0 aliphatic carbocycles. The predicted octanol–water partition coefficient (Wildman–Crippen LogP) is 3.39. The maximum Gasteiger partial charge on any atom is 0.0944 e. The Morgan fingerprint density at radius 1 is 1.42 bits per heavy atom. The maximum atomic E-state index is 5.39. The number of ether oxygens (including phenoxy) is 1. The topological polar surface area (TPSA) is 34.1 Å². The summed E-state index contributed by atoms with van der Waals surface area (Å²) in [6.45, 7) is 10.3. The van der Waals surface area contributed by atoms with Crippen molar-refractivity contribution in [2.75, 3.05) is 20.3 Å². The zero-order valence-electron chi connectivity index (χ0n) is 13.0. The van der Waals surface area contributed by atoms with Crippen LogP contribution in [0.4, 0.5) is 0 Å². The van der Waals surface area contributed by atoms with Gasteiger partial charge in [0.1, 0.15) is 0 Å². The van der Waals surface area contributed by atoms with Crippen molar-refractivity contribution in [3.8, 4) is 0 Å². The van der Waals surface area contributed by atoms with Crippen LogP contribution in [0.1, 0.15) is 51.2 Å². The number of aromatic nitrogens is 1. The van der Waals surface area contributed by atoms with Gasteiger partial charge in [-0.05, 0) is 26.8 Å². The highest BCUT2D eigenvalue weighted by atomic mass is 32.1. The van der Waals surface area contributed by atoms with E-state index < -0.39 is 0 Å². The number of hydrogen-bond donors (Lipinski definition) is 1. The summed E-state index contributed by atoms with van der Waals surface area (Å²) in [6.07, 6.45) is 3.27. The van der Waals surface area contributed by atoms with Crippen LogP contribution in [-0.2, 0) is 16.6 Å². The minimum absolute atomic E-state index is 0.152. The van der Waals surface area contributed by atoms with Crippen LogP contribution >= 0.6 is 11.3 Å². The molecule has 0 spiro atoms. The molecule has 0 aliphatic rings. The molecule has 0 bridgehead atoms. The van der Waals surface area contributed by atoms with E-state index >= 15 is 0 Å². The summed E-state index contributed by atoms with van der Waals surface area (Å²) < 4.78 is 5.39. The normalized spacial score (nSPS) is 13.7. The fraction of sp³-hybridized carbons (Fsp3) is 0.800. The molecule has 4 heteroatoms. The van der Waals surface area contributed by atoms with Crippen LogP contribution in [0.5, 0.6) is 0 Å². The zero-order chi connectivity index (χ0) is 14.3. The third-order valence-corrected chi connectivity index (χ3v) is 4.07. The van der Waals surface area contributed by atoms with E-state index in [9.17, 15) is 0 Å². The molecule has 0 radical (unpaired) electrons. The Bertz CT molecular complexity index is 357. The van der Waals surface area contributed by atoms with Gasteiger partial charge in [0, 0.05) is 36.5 Å². The predicted molar refractivity (Wildman–Crippen MR) is 83.1 cm³/mol. The first-order valence-corrected chi connectivity index (χ1v) is 8.05. The minimum atomic E-state index is 0.152. The van der Waals surface area contributed by atoms with Gasteiger partial charge in [0.05, 0.1) is 10.7 Å². The summed E-state index contributed by atoms with van der Waals surface area (Å²) >= 11 is 1.78. The number of nitrogens with zero attached hydrogens (tertiary/aromatic N) is 1. The minimum Gasteiger partial charge on any atom is -0.382 e. The molecule has 0 amide bonds. The fourth-order valence-electron chi connectivity index (χ4n) is 1.88. The lowest BCUT2D eigenvalue weighted by Crippen LogP contribution is -2.28. The molecular formula is C15H28N2OS. The molecule has 1 aromatic rings. The van der Waals surface area contributed by atoms with Crippen molar-refractivity contribution in [2.24, 2.45) is 0 Å². The molecule has 1 N–H and O–H groups in total. The second-order valence-electron chi connectivity index (χ2n) is 5.91. The van der Waals surface area contributed by atoms with Crippen LogP contribution in [0, 0.1) is 0 Å². The molecule has 0 saturated heterocycles. The average Bonchev–Trinajstić information content (AvgIpc) is 2.81. The van der Waals surface area contributed by atoms with Gasteiger partial charge in [0.2, 0.25) is 0 Å². The lowest BCUT2D eigenvalue weighted by atomic mass is 9.93. The Morgan fingerprint density at radius 3 is 2.68 bits per heavy atom. The Morgan fingerprint density at radius 2 is 2.16 bits per heavy atom. The van der Waals surface area contributed by atoms with Gasteiger partial charge in [-0.1, -0.05) is 20.8 Å². The van der Waals surface area contributed by atoms with Crippen molar-refractivity contribution in [1.29, 1.82) is 0 Å². The Hall–Kier alpha value is -0.450. The Kier molecular flexibility index (Phi) is 6.97. The van der Waals surface area contributed by atoms with Crippen LogP contribution in [0.2, 0.25) is 0 Å². The molecule has 0 fully saturated rings. The lowest BCUT2D eigenvalue weighted by Gasteiger charge is -2.16. The van der Waals surface area contributed by atoms with Gasteiger partial charge in [-0.15, -0.1) is 11.3 Å². The van der Waals surface area contributed by atoms with E-state index in [2.05, 4.69) is 31.5 Å². The molecule has 1 unspecified atom stereocenters. The summed E-state index contributed by atoms with van der Waals surface area (Å²) in [5, 5.41) is 6.82. The smallest absolute Gasteiger partial charge is 0.0944 e. The van der Waals surface area contributed by atoms with E-state index in [1.165, 1.54) is 10.7 Å². The van der Waals surface area contributed by atoms with Gasteiger partial charge >= 0.3 is 0 Å². The standard InChI is InChI=1S/C15H28N2OS/c1-6-18-9-7-8-12(16-5)10-14-17-13(11-19-14)15(2,3)4/h11-12,16H,6-10H2,1-5H3. The molecule has 1 aromatic heterocycles. The van der Waals surface area contributed by atoms with Gasteiger partial charge in [-0.2, -0.15) is 0 Å². The first-order valence-electron chi connectivity index (χ1n) is 7.17. The molecule has 3 nitrogen and oxygen atoms in total. The zero-order valence-corrected chi connectivity index (χ0v) is 13.8. The number of nitrogens with one attached hydrogen (secondary N) is 1. The first kappa shape index (κ1) is 16.6. The van der Waals surface area contributed by atoms with Crippen LogP contribution in [0.3, 0.4) is 0 Å². The molecule has 0 aromatic carbocycles. The highest BCUT2D eigenvalue weighted by molar-refractivity contribution is 7.09. The monoisotopic (exact) mass is 284 g/mol. The molecule has 1 heterocycles. The summed E-state index contributed by atoms with van der Waals surface area (Å²) in [5.41, 5.74) is 1.36. The largest absolute Gasteiger partial charge is 0.382 e. The molecule has 0 saturated carbocycles. The van der Waals surface area contributed by atoms with Gasteiger partial charge < -0.3 is 10.1 Å². The third kappa shape index (κ3) is 6.02. The second kappa shape index (κ2) is 7.98. The van der Waals surface area contributed by atoms with Crippen molar-refractivity contribution in [3.63, 3.8) is 0 Å². The van der Waals surface area contributed by atoms with Crippen molar-refractivity contribution < 1.29 is 4.74 Å². The molecular weight excluding hydrogens is 256 g/mol. The van der Waals surface area contributed by atoms with Gasteiger partial charge in [-0.3, -0.25) is 0 Å². The van der Waals surface area contributed by atoms with E-state index in [-0.39, 0.29) is 5.41 Å². The second-order valence-corrected chi connectivity index (χ2v) is 6.85. The summed E-state index contributed by atoms with van der Waals surface area (Å²) in [4.78, 5) is 4.76. The molecule has 19 heavy (non-hydrogen) atoms. The van der Waals surface area contributed by atoms with Gasteiger partial charge in [-0.25, -0.2) is 4.98 Å². The number of thiazole rings is 1. The van der Waals surface area contributed by atoms with Crippen molar-refractivity contribution in [2.45, 2.75) is 58.4 Å². The number of likely N-dealkylation sites (N-methyl/N-ethyl adjacent to an activating group) is 1. The molecule has 110 valence electrons. The highest BCUT2D eigenvalue weighted by Gasteiger charge is 2.18. The number of hydrogen-bond acceptors (Lipinski definition) is 4. The Labute approximate surface area is 121 Å². The maximum absolute atomic E-state index is 5.39. The van der Waals surface area contributed by atoms with Crippen LogP contribution in [0.25, 0.3) is 0 Å². The molecule has 1 atom stereocenters. The van der Waals surface area contributed by atoms with Crippen LogP contribution < -0.4 is 5.32 Å². The lowest BCUT2D eigenvalue weighted by molar-refractivity contribution is 0.141. The van der Waals surface area contributed by atoms with Crippen molar-refractivity contribution in [3.05, 3.63) is 16.1 Å². The SMILES string of the molecule is CCOCCCC(Cc1nc(C(C)(C)C)cs1)NC. The van der Waals surface area contributed by atoms with Crippen molar-refractivity contribution in [1.82, 2.24) is 10.3 Å². The fourth-order valence-corrected chi connectivity index (χ4v) is 2.99. The van der Waals surface area contributed by atoms with E-state index in [0.29, 0.717) is 6.04 Å². The number of rotatable bonds is 8. The van der Waals surface area contributed by atoms with E-state index in [1.807, 2.05) is 14.0 Å². The summed E-state index contributed by atoms with van der Waals surface area (Å²) in [7, 11) is 2.03. The van der Waals surface area contributed by atoms with Crippen LogP contribution in [0.15, 0.2) is 5.38 Å². The van der Waals surface area contributed by atoms with Crippen LogP contribution in [-0.4, -0.2) is 31.3 Å². The van der Waals surface area contributed by atoms with Gasteiger partial charge in [0.25, 0.3) is 0 Å². The first-order chi connectivity index (χ1) is 8.97. The average molecular weight is 284 g/mol.